The third-order valence-corrected chi connectivity index (χ3v) is 12.4. The second-order valence-corrected chi connectivity index (χ2v) is 17.2. The van der Waals surface area contributed by atoms with Gasteiger partial charge in [0.25, 0.3) is 11.7 Å². The number of phenols is 3. The summed E-state index contributed by atoms with van der Waals surface area (Å²) < 4.78 is 23.7. The first-order chi connectivity index (χ1) is 29.8. The molecule has 3 aliphatic rings. The van der Waals surface area contributed by atoms with E-state index in [1.807, 2.05) is 5.01 Å². The van der Waals surface area contributed by atoms with Gasteiger partial charge in [-0.05, 0) is 32.8 Å². The average Bonchev–Trinajstić information content (AvgIpc) is 3.51. The van der Waals surface area contributed by atoms with E-state index in [9.17, 15) is 39.9 Å². The van der Waals surface area contributed by atoms with Crippen molar-refractivity contribution in [1.29, 1.82) is 0 Å². The van der Waals surface area contributed by atoms with E-state index < -0.39 is 88.8 Å². The highest BCUT2D eigenvalue weighted by Crippen LogP contribution is 2.55. The molecule has 6 N–H and O–H groups in total. The largest absolute Gasteiger partial charge is 0.507 e. The minimum Gasteiger partial charge on any atom is -0.507 e. The molecule has 9 atom stereocenters. The van der Waals surface area contributed by atoms with Crippen LogP contribution >= 0.6 is 0 Å². The molecule has 0 saturated carbocycles. The monoisotopic (exact) mass is 879 g/mol. The van der Waals surface area contributed by atoms with Crippen molar-refractivity contribution in [3.8, 4) is 23.0 Å². The lowest BCUT2D eigenvalue weighted by atomic mass is 9.78. The molecule has 2 aromatic rings. The van der Waals surface area contributed by atoms with Crippen molar-refractivity contribution in [1.82, 2.24) is 5.01 Å². The van der Waals surface area contributed by atoms with Gasteiger partial charge in [0.1, 0.15) is 23.4 Å². The number of phenolic OH excluding ortho intramolecular Hbond substituents is 3. The van der Waals surface area contributed by atoms with Gasteiger partial charge in [-0.25, -0.2) is 0 Å². The SMILES string of the molecule is CCCCCN(CCCCC)/N=C/c1c2c(O)c3c(O)c(C)c4c(c3c1O)C(=O)C(C)(OC=CC(OC)C(C)C(OC(C)=O)C(C)C(O)C(C)C(O)C(C)C=CC=C(C)C(=O)N2)O4. The van der Waals surface area contributed by atoms with Crippen molar-refractivity contribution >= 4 is 40.3 Å². The van der Waals surface area contributed by atoms with Crippen LogP contribution in [0.4, 0.5) is 5.69 Å². The molecule has 15 nitrogen and oxygen atoms in total. The Morgan fingerprint density at radius 2 is 1.54 bits per heavy atom. The van der Waals surface area contributed by atoms with E-state index in [4.69, 9.17) is 24.0 Å². The Kier molecular flexibility index (Phi) is 17.6. The number of unbranched alkanes of at least 4 members (excludes halogenated alkanes) is 4. The number of nitrogens with one attached hydrogen (secondary N) is 1. The summed E-state index contributed by atoms with van der Waals surface area (Å²) in [7, 11) is 1.44. The first-order valence-electron chi connectivity index (χ1n) is 22.1. The number of benzene rings is 2. The molecular weight excluding hydrogens is 811 g/mol. The van der Waals surface area contributed by atoms with Crippen molar-refractivity contribution in [3.63, 3.8) is 0 Å². The molecule has 9 unspecified atom stereocenters. The van der Waals surface area contributed by atoms with Gasteiger partial charge >= 0.3 is 11.8 Å². The van der Waals surface area contributed by atoms with Crippen molar-refractivity contribution in [2.24, 2.45) is 28.8 Å². The maximum atomic E-state index is 14.6. The molecular formula is C48H69N3O12. The summed E-state index contributed by atoms with van der Waals surface area (Å²) >= 11 is 0. The Balaban J connectivity index is 1.99. The quantitative estimate of drug-likeness (QED) is 0.0300. The molecule has 5 rings (SSSR count). The number of amides is 1. The summed E-state index contributed by atoms with van der Waals surface area (Å²) in [5.74, 6) is -8.30. The Morgan fingerprint density at radius 3 is 2.13 bits per heavy atom. The van der Waals surface area contributed by atoms with Crippen LogP contribution in [0.2, 0.25) is 0 Å². The zero-order valence-electron chi connectivity index (χ0n) is 38.7. The second kappa shape index (κ2) is 22.0. The minimum absolute atomic E-state index is 0.0611. The fraction of sp³-hybridized carbons (Fsp3) is 0.583. The van der Waals surface area contributed by atoms with E-state index in [1.54, 1.807) is 39.8 Å². The standard InChI is InChI=1S/C48H69N3O12/c1-12-14-16-22-51(23-17-15-13-2)49-25-33-38-43(57)36-35(42(33)56)37-45(31(8)41(36)55)63-48(10,46(37)58)61-24-21-34(60-11)28(5)44(62-32(9)52)30(7)40(54)29(6)39(53)26(3)19-18-20-27(4)47(59)50-38/h18-21,24-26,28-30,34,39-40,44,53-57H,12-17,22-23H2,1-11H3,(H,50,59)/b19-18?,24-21?,27-20?,49-25+. The number of fused-ring (bicyclic) bond motifs is 14. The van der Waals surface area contributed by atoms with Crippen LogP contribution in [0.1, 0.15) is 122 Å². The fourth-order valence-corrected chi connectivity index (χ4v) is 8.33. The predicted octanol–water partition coefficient (Wildman–Crippen LogP) is 7.77. The number of methoxy groups -OCH3 is 1. The number of allylic oxidation sites excluding steroid dienone is 2. The van der Waals surface area contributed by atoms with Gasteiger partial charge in [-0.3, -0.25) is 19.4 Å². The first-order valence-corrected chi connectivity index (χ1v) is 22.1. The summed E-state index contributed by atoms with van der Waals surface area (Å²) in [5, 5.41) is 67.7. The highest BCUT2D eigenvalue weighted by Gasteiger charge is 2.50. The minimum atomic E-state index is -2.05. The topological polar surface area (TPSA) is 217 Å². The summed E-state index contributed by atoms with van der Waals surface area (Å²) in [6.07, 6.45) is 10.6. The Labute approximate surface area is 371 Å². The van der Waals surface area contributed by atoms with Crippen molar-refractivity contribution in [2.45, 2.75) is 138 Å². The van der Waals surface area contributed by atoms with Gasteiger partial charge in [0.15, 0.2) is 5.75 Å². The van der Waals surface area contributed by atoms with Crippen molar-refractivity contribution in [2.75, 3.05) is 25.5 Å². The molecule has 3 heterocycles. The normalized spacial score (nSPS) is 27.1. The molecule has 1 amide bonds. The van der Waals surface area contributed by atoms with Crippen LogP contribution in [0.5, 0.6) is 23.0 Å². The molecule has 63 heavy (non-hydrogen) atoms. The lowest BCUT2D eigenvalue weighted by Crippen LogP contribution is -2.46. The first kappa shape index (κ1) is 50.5. The number of carbonyl (C=O) groups is 3. The van der Waals surface area contributed by atoms with E-state index in [1.165, 1.54) is 59.4 Å². The lowest BCUT2D eigenvalue weighted by Gasteiger charge is -2.38. The zero-order valence-corrected chi connectivity index (χ0v) is 38.7. The van der Waals surface area contributed by atoms with Crippen molar-refractivity contribution in [3.05, 3.63) is 52.8 Å². The molecule has 3 aliphatic heterocycles. The number of anilines is 1. The molecule has 348 valence electrons. The van der Waals surface area contributed by atoms with Gasteiger partial charge in [0, 0.05) is 74.2 Å². The van der Waals surface area contributed by atoms with Crippen LogP contribution in [0.3, 0.4) is 0 Å². The van der Waals surface area contributed by atoms with Crippen LogP contribution in [0.15, 0.2) is 41.2 Å². The Hall–Kier alpha value is -5.12. The number of ether oxygens (including phenoxy) is 4. The summed E-state index contributed by atoms with van der Waals surface area (Å²) in [5.41, 5.74) is -0.303. The van der Waals surface area contributed by atoms with E-state index in [0.717, 1.165) is 38.5 Å². The molecule has 2 aromatic carbocycles. The number of aromatic hydroxyl groups is 3. The Bertz CT molecular complexity index is 2090. The van der Waals surface area contributed by atoms with Gasteiger partial charge in [-0.15, -0.1) is 0 Å². The molecule has 0 aliphatic carbocycles. The predicted molar refractivity (Wildman–Crippen MR) is 242 cm³/mol. The summed E-state index contributed by atoms with van der Waals surface area (Å²) in [4.78, 5) is 40.8. The molecule has 5 bridgehead atoms. The highest BCUT2D eigenvalue weighted by molar-refractivity contribution is 6.23. The molecule has 0 spiro atoms. The van der Waals surface area contributed by atoms with Gasteiger partial charge in [0.05, 0.1) is 53.0 Å². The Morgan fingerprint density at radius 1 is 0.905 bits per heavy atom. The number of hydrogen-bond acceptors (Lipinski definition) is 14. The summed E-state index contributed by atoms with van der Waals surface area (Å²) in [6, 6.07) is 0. The van der Waals surface area contributed by atoms with E-state index in [-0.39, 0.29) is 44.5 Å². The molecule has 0 radical (unpaired) electrons. The number of nitrogens with zero attached hydrogens (tertiary/aromatic N) is 2. The number of ketones is 1. The molecule has 0 fully saturated rings. The highest BCUT2D eigenvalue weighted by atomic mass is 16.7. The number of aliphatic hydroxyl groups excluding tert-OH is 2. The number of Topliss-reactive ketones (excluding diaryl/α,β-unsaturated/α-hetero) is 1. The summed E-state index contributed by atoms with van der Waals surface area (Å²) in [6.45, 7) is 18.0. The third kappa shape index (κ3) is 11.2. The second-order valence-electron chi connectivity index (χ2n) is 17.2. The van der Waals surface area contributed by atoms with Gasteiger partial charge < -0.3 is 49.8 Å². The maximum Gasteiger partial charge on any atom is 0.312 e. The molecule has 0 saturated heterocycles. The van der Waals surface area contributed by atoms with Crippen molar-refractivity contribution < 1.29 is 58.9 Å². The smallest absolute Gasteiger partial charge is 0.312 e. The van der Waals surface area contributed by atoms with Gasteiger partial charge in [0.2, 0.25) is 0 Å². The number of aliphatic hydroxyl groups is 2. The number of hydrazone groups is 1. The third-order valence-electron chi connectivity index (χ3n) is 12.4. The van der Waals surface area contributed by atoms with Crippen LogP contribution in [0, 0.1) is 30.6 Å². The van der Waals surface area contributed by atoms with Crippen LogP contribution in [-0.2, 0) is 23.8 Å². The fourth-order valence-electron chi connectivity index (χ4n) is 8.33. The number of rotatable bonds is 12. The maximum absolute atomic E-state index is 14.6. The zero-order chi connectivity index (χ0) is 46.9. The van der Waals surface area contributed by atoms with Gasteiger partial charge in [-0.2, -0.15) is 5.10 Å². The van der Waals surface area contributed by atoms with Crippen LogP contribution in [-0.4, -0.2) is 105 Å². The number of carbonyl (C=O) groups excluding carboxylic acids is 3. The van der Waals surface area contributed by atoms with Crippen LogP contribution in [0.25, 0.3) is 10.8 Å². The lowest BCUT2D eigenvalue weighted by molar-refractivity contribution is -0.160. The molecule has 0 aromatic heterocycles. The molecule has 15 heteroatoms. The number of esters is 1. The van der Waals surface area contributed by atoms with Crippen LogP contribution < -0.4 is 10.1 Å². The van der Waals surface area contributed by atoms with E-state index in [2.05, 4.69) is 19.2 Å². The van der Waals surface area contributed by atoms with Gasteiger partial charge in [-0.1, -0.05) is 85.5 Å². The van der Waals surface area contributed by atoms with E-state index >= 15 is 0 Å². The van der Waals surface area contributed by atoms with E-state index in [0.29, 0.717) is 13.1 Å². The number of hydrogen-bond donors (Lipinski definition) is 6. The average molecular weight is 880 g/mol.